The van der Waals surface area contributed by atoms with Crippen LogP contribution in [0.1, 0.15) is 66.0 Å². The van der Waals surface area contributed by atoms with E-state index < -0.39 is 0 Å². The molecule has 144 valence electrons. The van der Waals surface area contributed by atoms with Gasteiger partial charge in [-0.15, -0.1) is 0 Å². The third-order valence-corrected chi connectivity index (χ3v) is 4.57. The van der Waals surface area contributed by atoms with Crippen molar-refractivity contribution in [3.05, 3.63) is 53.1 Å². The number of aromatic nitrogens is 2. The highest BCUT2D eigenvalue weighted by Gasteiger charge is 2.28. The molecule has 1 aromatic carbocycles. The Hall–Kier alpha value is -2.63. The van der Waals surface area contributed by atoms with Crippen LogP contribution in [0, 0.1) is 0 Å². The van der Waals surface area contributed by atoms with E-state index in [1.165, 1.54) is 5.56 Å². The summed E-state index contributed by atoms with van der Waals surface area (Å²) < 4.78 is 1.92. The molecule has 0 fully saturated rings. The molecular weight excluding hydrogens is 340 g/mol. The Morgan fingerprint density at radius 2 is 1.85 bits per heavy atom. The van der Waals surface area contributed by atoms with E-state index in [9.17, 15) is 9.59 Å². The molecule has 0 radical (unpaired) electrons. The first-order chi connectivity index (χ1) is 12.8. The Labute approximate surface area is 160 Å². The Balaban J connectivity index is 1.74. The molecule has 2 amide bonds. The minimum absolute atomic E-state index is 0.212. The molecular formula is C21H28N4O2. The first-order valence-electron chi connectivity index (χ1n) is 9.59. The maximum atomic E-state index is 12.7. The van der Waals surface area contributed by atoms with Gasteiger partial charge < -0.3 is 15.2 Å². The number of carbonyl (C=O) groups excluding carboxylic acids is 2. The van der Waals surface area contributed by atoms with Gasteiger partial charge in [-0.05, 0) is 52.0 Å². The quantitative estimate of drug-likeness (QED) is 0.852. The van der Waals surface area contributed by atoms with Crippen LogP contribution in [0.3, 0.4) is 0 Å². The fourth-order valence-corrected chi connectivity index (χ4v) is 3.34. The van der Waals surface area contributed by atoms with Gasteiger partial charge in [0.15, 0.2) is 5.82 Å². The number of fused-ring (bicyclic) bond motifs is 1. The van der Waals surface area contributed by atoms with E-state index in [0.717, 1.165) is 37.9 Å². The van der Waals surface area contributed by atoms with Crippen LogP contribution in [0.2, 0.25) is 0 Å². The van der Waals surface area contributed by atoms with Crippen LogP contribution in [-0.2, 0) is 19.4 Å². The molecule has 2 aromatic rings. The molecule has 2 heterocycles. The third-order valence-electron chi connectivity index (χ3n) is 4.57. The lowest BCUT2D eigenvalue weighted by Gasteiger charge is -2.21. The summed E-state index contributed by atoms with van der Waals surface area (Å²) in [5.74, 6) is -0.0859. The van der Waals surface area contributed by atoms with Gasteiger partial charge in [0, 0.05) is 18.6 Å². The van der Waals surface area contributed by atoms with E-state index >= 15 is 0 Å². The predicted octanol–water partition coefficient (Wildman–Crippen LogP) is 2.72. The highest BCUT2D eigenvalue weighted by atomic mass is 16.2. The monoisotopic (exact) mass is 368 g/mol. The second kappa shape index (κ2) is 7.94. The number of carbonyl (C=O) groups is 2. The molecule has 0 spiro atoms. The summed E-state index contributed by atoms with van der Waals surface area (Å²) in [6.45, 7) is 7.07. The van der Waals surface area contributed by atoms with E-state index in [0.29, 0.717) is 18.1 Å². The van der Waals surface area contributed by atoms with Gasteiger partial charge in [0.1, 0.15) is 5.69 Å². The standard InChI is InChI=1S/C21H28N4O2/c1-21(2,3)24-19(26)17-16-11-7-8-14-25(16)18(23-17)20(27)22-13-12-15-9-5-4-6-10-15/h4-6,9-10H,7-8,11-14H2,1-3H3,(H,22,27)(H,24,26). The molecule has 0 bridgehead atoms. The molecule has 1 aliphatic rings. The number of benzene rings is 1. The molecule has 6 nitrogen and oxygen atoms in total. The first kappa shape index (κ1) is 19.1. The zero-order valence-electron chi connectivity index (χ0n) is 16.3. The average Bonchev–Trinajstić information content (AvgIpc) is 3.01. The lowest BCUT2D eigenvalue weighted by atomic mass is 10.1. The van der Waals surface area contributed by atoms with Gasteiger partial charge in [-0.25, -0.2) is 4.98 Å². The van der Waals surface area contributed by atoms with Crippen LogP contribution in [0.25, 0.3) is 0 Å². The summed E-state index contributed by atoms with van der Waals surface area (Å²) in [5, 5.41) is 5.90. The summed E-state index contributed by atoms with van der Waals surface area (Å²) in [5.41, 5.74) is 2.09. The van der Waals surface area contributed by atoms with E-state index in [1.54, 1.807) is 0 Å². The second-order valence-corrected chi connectivity index (χ2v) is 8.04. The van der Waals surface area contributed by atoms with Crippen molar-refractivity contribution in [3.63, 3.8) is 0 Å². The summed E-state index contributed by atoms with van der Waals surface area (Å²) in [7, 11) is 0. The highest BCUT2D eigenvalue weighted by molar-refractivity contribution is 5.97. The zero-order valence-corrected chi connectivity index (χ0v) is 16.3. The van der Waals surface area contributed by atoms with Gasteiger partial charge in [0.2, 0.25) is 0 Å². The van der Waals surface area contributed by atoms with Gasteiger partial charge in [0.25, 0.3) is 11.8 Å². The summed E-state index contributed by atoms with van der Waals surface area (Å²) >= 11 is 0. The van der Waals surface area contributed by atoms with E-state index in [1.807, 2.05) is 55.7 Å². The van der Waals surface area contributed by atoms with Crippen LogP contribution < -0.4 is 10.6 Å². The zero-order chi connectivity index (χ0) is 19.4. The molecule has 0 aliphatic carbocycles. The molecule has 0 saturated carbocycles. The minimum atomic E-state index is -0.347. The Kier molecular flexibility index (Phi) is 5.63. The smallest absolute Gasteiger partial charge is 0.287 e. The van der Waals surface area contributed by atoms with Crippen LogP contribution >= 0.6 is 0 Å². The molecule has 1 aliphatic heterocycles. The summed E-state index contributed by atoms with van der Waals surface area (Å²) in [6, 6.07) is 10.0. The molecule has 0 atom stereocenters. The van der Waals surface area contributed by atoms with Crippen molar-refractivity contribution in [2.45, 2.75) is 58.5 Å². The van der Waals surface area contributed by atoms with Crippen LogP contribution in [0.15, 0.2) is 30.3 Å². The number of hydrogen-bond donors (Lipinski definition) is 2. The topological polar surface area (TPSA) is 76.0 Å². The van der Waals surface area contributed by atoms with Crippen LogP contribution in [0.4, 0.5) is 0 Å². The number of nitrogens with one attached hydrogen (secondary N) is 2. The Morgan fingerprint density at radius 1 is 1.11 bits per heavy atom. The van der Waals surface area contributed by atoms with Crippen molar-refractivity contribution in [3.8, 4) is 0 Å². The number of rotatable bonds is 5. The predicted molar refractivity (Wildman–Crippen MR) is 105 cm³/mol. The maximum Gasteiger partial charge on any atom is 0.287 e. The highest BCUT2D eigenvalue weighted by Crippen LogP contribution is 2.21. The van der Waals surface area contributed by atoms with Gasteiger partial charge in [-0.3, -0.25) is 9.59 Å². The van der Waals surface area contributed by atoms with Crippen molar-refractivity contribution < 1.29 is 9.59 Å². The van der Waals surface area contributed by atoms with Gasteiger partial charge in [-0.2, -0.15) is 0 Å². The number of imidazole rings is 1. The molecule has 1 aromatic heterocycles. The second-order valence-electron chi connectivity index (χ2n) is 8.04. The van der Waals surface area contributed by atoms with E-state index in [4.69, 9.17) is 0 Å². The van der Waals surface area contributed by atoms with Gasteiger partial charge in [0.05, 0.1) is 5.69 Å². The number of amides is 2. The van der Waals surface area contributed by atoms with E-state index in [-0.39, 0.29) is 17.4 Å². The maximum absolute atomic E-state index is 12.7. The van der Waals surface area contributed by atoms with Crippen molar-refractivity contribution >= 4 is 11.8 Å². The molecule has 0 saturated heterocycles. The molecule has 27 heavy (non-hydrogen) atoms. The van der Waals surface area contributed by atoms with Crippen molar-refractivity contribution in [1.82, 2.24) is 20.2 Å². The first-order valence-corrected chi connectivity index (χ1v) is 9.59. The average molecular weight is 368 g/mol. The Bertz CT molecular complexity index is 819. The third kappa shape index (κ3) is 4.76. The molecule has 3 rings (SSSR count). The van der Waals surface area contributed by atoms with Gasteiger partial charge in [-0.1, -0.05) is 30.3 Å². The SMILES string of the molecule is CC(C)(C)NC(=O)c1nc(C(=O)NCCc2ccccc2)n2c1CCCC2. The molecule has 0 unspecified atom stereocenters. The van der Waals surface area contributed by atoms with Gasteiger partial charge >= 0.3 is 0 Å². The lowest BCUT2D eigenvalue weighted by molar-refractivity contribution is 0.0913. The summed E-state index contributed by atoms with van der Waals surface area (Å²) in [6.07, 6.45) is 3.54. The molecule has 2 N–H and O–H groups in total. The fourth-order valence-electron chi connectivity index (χ4n) is 3.34. The fraction of sp³-hybridized carbons (Fsp3) is 0.476. The van der Waals surface area contributed by atoms with Crippen molar-refractivity contribution in [2.75, 3.05) is 6.54 Å². The summed E-state index contributed by atoms with van der Waals surface area (Å²) in [4.78, 5) is 29.8. The van der Waals surface area contributed by atoms with Crippen LogP contribution in [0.5, 0.6) is 0 Å². The number of nitrogens with zero attached hydrogens (tertiary/aromatic N) is 2. The lowest BCUT2D eigenvalue weighted by Crippen LogP contribution is -2.41. The molecule has 6 heteroatoms. The van der Waals surface area contributed by atoms with Crippen molar-refractivity contribution in [1.29, 1.82) is 0 Å². The normalized spacial score (nSPS) is 13.7. The largest absolute Gasteiger partial charge is 0.349 e. The van der Waals surface area contributed by atoms with Crippen molar-refractivity contribution in [2.24, 2.45) is 0 Å². The van der Waals surface area contributed by atoms with E-state index in [2.05, 4.69) is 15.6 Å². The Morgan fingerprint density at radius 3 is 2.56 bits per heavy atom. The minimum Gasteiger partial charge on any atom is -0.349 e. The number of hydrogen-bond acceptors (Lipinski definition) is 3. The van der Waals surface area contributed by atoms with Crippen LogP contribution in [-0.4, -0.2) is 33.4 Å².